The number of aromatic nitrogens is 1. The smallest absolute Gasteiger partial charge is 0.269 e. The van der Waals surface area contributed by atoms with Gasteiger partial charge in [-0.1, -0.05) is 6.08 Å². The fourth-order valence-corrected chi connectivity index (χ4v) is 3.27. The summed E-state index contributed by atoms with van der Waals surface area (Å²) in [5.41, 5.74) is 2.34. The van der Waals surface area contributed by atoms with Crippen molar-refractivity contribution in [3.63, 3.8) is 0 Å². The molecule has 3 aromatic rings. The van der Waals surface area contributed by atoms with E-state index in [2.05, 4.69) is 16.7 Å². The van der Waals surface area contributed by atoms with E-state index in [1.807, 2.05) is 31.4 Å². The summed E-state index contributed by atoms with van der Waals surface area (Å²) in [6.45, 7) is 7.90. The van der Waals surface area contributed by atoms with Gasteiger partial charge in [-0.25, -0.2) is 4.68 Å². The summed E-state index contributed by atoms with van der Waals surface area (Å²) in [6.07, 6.45) is 1.71. The van der Waals surface area contributed by atoms with Crippen molar-refractivity contribution in [2.24, 2.45) is 10.1 Å². The van der Waals surface area contributed by atoms with E-state index in [-0.39, 0.29) is 5.69 Å². The van der Waals surface area contributed by atoms with Crippen molar-refractivity contribution in [1.29, 1.82) is 0 Å². The molecule has 27 heavy (non-hydrogen) atoms. The molecule has 0 spiro atoms. The molecule has 0 atom stereocenters. The fourth-order valence-electron chi connectivity index (χ4n) is 2.43. The third-order valence-corrected chi connectivity index (χ3v) is 4.62. The van der Waals surface area contributed by atoms with Gasteiger partial charge in [0, 0.05) is 23.1 Å². The highest BCUT2D eigenvalue weighted by Gasteiger charge is 2.12. The number of benzene rings is 1. The highest BCUT2D eigenvalue weighted by Crippen LogP contribution is 2.23. The van der Waals surface area contributed by atoms with Crippen LogP contribution in [0.3, 0.4) is 0 Å². The summed E-state index contributed by atoms with van der Waals surface area (Å²) in [5, 5.41) is 17.5. The predicted molar refractivity (Wildman–Crippen MR) is 106 cm³/mol. The number of nitro benzene ring substituents is 1. The summed E-state index contributed by atoms with van der Waals surface area (Å²) in [6, 6.07) is 10.1. The lowest BCUT2D eigenvalue weighted by molar-refractivity contribution is -0.384. The molecule has 0 radical (unpaired) electrons. The minimum Gasteiger partial charge on any atom is -0.460 e. The summed E-state index contributed by atoms with van der Waals surface area (Å²) < 4.78 is 7.36. The van der Waals surface area contributed by atoms with Gasteiger partial charge in [0.25, 0.3) is 5.69 Å². The zero-order valence-corrected chi connectivity index (χ0v) is 15.8. The second-order valence-corrected chi connectivity index (χ2v) is 6.58. The average molecular weight is 382 g/mol. The quantitative estimate of drug-likeness (QED) is 0.274. The van der Waals surface area contributed by atoms with Gasteiger partial charge in [-0.2, -0.15) is 5.10 Å². The molecule has 0 bridgehead atoms. The molecule has 0 unspecified atom stereocenters. The van der Waals surface area contributed by atoms with Crippen LogP contribution in [0.5, 0.6) is 0 Å². The molecular formula is C19H18N4O3S. The Bertz CT molecular complexity index is 1070. The zero-order chi connectivity index (χ0) is 19.4. The van der Waals surface area contributed by atoms with Gasteiger partial charge in [-0.15, -0.1) is 17.9 Å². The molecule has 2 aromatic heterocycles. The largest absolute Gasteiger partial charge is 0.460 e. The molecule has 7 nitrogen and oxygen atoms in total. The monoisotopic (exact) mass is 382 g/mol. The van der Waals surface area contributed by atoms with Crippen molar-refractivity contribution >= 4 is 22.7 Å². The standard InChI is InChI=1S/C19H18N4O3S/c1-4-11-20-19-22(21-14(3)18-10-5-13(2)26-18)17(12-27-19)15-6-8-16(9-7-15)23(24)25/h4-10,12H,1,11H2,2-3H3. The third kappa shape index (κ3) is 4.12. The second-order valence-electron chi connectivity index (χ2n) is 5.74. The molecule has 3 rings (SSSR count). The van der Waals surface area contributed by atoms with Gasteiger partial charge in [0.1, 0.15) is 17.2 Å². The first-order valence-corrected chi connectivity index (χ1v) is 9.06. The summed E-state index contributed by atoms with van der Waals surface area (Å²) >= 11 is 1.44. The highest BCUT2D eigenvalue weighted by atomic mass is 32.1. The van der Waals surface area contributed by atoms with E-state index in [0.29, 0.717) is 22.8 Å². The Morgan fingerprint density at radius 2 is 2.07 bits per heavy atom. The number of nitrogens with zero attached hydrogens (tertiary/aromatic N) is 4. The Kier molecular flexibility index (Phi) is 5.46. The van der Waals surface area contributed by atoms with Gasteiger partial charge in [0.05, 0.1) is 17.2 Å². The van der Waals surface area contributed by atoms with Crippen molar-refractivity contribution in [2.75, 3.05) is 6.54 Å². The van der Waals surface area contributed by atoms with Crippen LogP contribution in [0, 0.1) is 17.0 Å². The Hall–Kier alpha value is -3.26. The van der Waals surface area contributed by atoms with Crippen LogP contribution in [-0.2, 0) is 0 Å². The molecule has 0 N–H and O–H groups in total. The maximum Gasteiger partial charge on any atom is 0.269 e. The van der Waals surface area contributed by atoms with E-state index in [1.165, 1.54) is 23.5 Å². The number of non-ortho nitro benzene ring substituents is 1. The lowest BCUT2D eigenvalue weighted by Gasteiger charge is -2.05. The minimum atomic E-state index is -0.419. The minimum absolute atomic E-state index is 0.0443. The highest BCUT2D eigenvalue weighted by molar-refractivity contribution is 7.07. The van der Waals surface area contributed by atoms with Crippen molar-refractivity contribution in [1.82, 2.24) is 4.68 Å². The molecule has 0 aliphatic rings. The van der Waals surface area contributed by atoms with E-state index in [0.717, 1.165) is 17.0 Å². The third-order valence-electron chi connectivity index (χ3n) is 3.76. The van der Waals surface area contributed by atoms with Crippen LogP contribution in [0.2, 0.25) is 0 Å². The van der Waals surface area contributed by atoms with Crippen molar-refractivity contribution in [3.05, 3.63) is 80.9 Å². The van der Waals surface area contributed by atoms with Crippen molar-refractivity contribution < 1.29 is 9.34 Å². The number of hydrogen-bond donors (Lipinski definition) is 0. The summed E-state index contributed by atoms with van der Waals surface area (Å²) in [7, 11) is 0. The van der Waals surface area contributed by atoms with Crippen LogP contribution in [0.1, 0.15) is 18.4 Å². The summed E-state index contributed by atoms with van der Waals surface area (Å²) in [4.78, 5) is 15.7. The second kappa shape index (κ2) is 7.96. The maximum atomic E-state index is 10.9. The Balaban J connectivity index is 2.11. The van der Waals surface area contributed by atoms with Gasteiger partial charge < -0.3 is 4.42 Å². The first-order valence-electron chi connectivity index (χ1n) is 8.18. The predicted octanol–water partition coefficient (Wildman–Crippen LogP) is 4.39. The lowest BCUT2D eigenvalue weighted by atomic mass is 10.1. The SMILES string of the molecule is C=CCN=c1scc(-c2ccc([N+](=O)[O-])cc2)n1N=C(C)c1ccc(C)o1. The van der Waals surface area contributed by atoms with E-state index in [4.69, 9.17) is 4.42 Å². The molecule has 0 fully saturated rings. The summed E-state index contributed by atoms with van der Waals surface area (Å²) in [5.74, 6) is 1.48. The molecule has 2 heterocycles. The van der Waals surface area contributed by atoms with Gasteiger partial charge in [-0.05, 0) is 38.1 Å². The topological polar surface area (TPSA) is 85.9 Å². The number of rotatable bonds is 6. The number of hydrogen-bond acceptors (Lipinski definition) is 6. The molecule has 0 aliphatic heterocycles. The van der Waals surface area contributed by atoms with Gasteiger partial charge in [0.15, 0.2) is 0 Å². The van der Waals surface area contributed by atoms with Crippen LogP contribution in [0.15, 0.2) is 68.9 Å². The molecule has 0 amide bonds. The molecule has 138 valence electrons. The first-order chi connectivity index (χ1) is 13.0. The van der Waals surface area contributed by atoms with Crippen LogP contribution in [-0.4, -0.2) is 21.9 Å². The maximum absolute atomic E-state index is 10.9. The molecule has 0 saturated heterocycles. The molecule has 0 aliphatic carbocycles. The Morgan fingerprint density at radius 1 is 1.33 bits per heavy atom. The zero-order valence-electron chi connectivity index (χ0n) is 15.0. The van der Waals surface area contributed by atoms with Gasteiger partial charge in [0.2, 0.25) is 4.80 Å². The van der Waals surface area contributed by atoms with Crippen LogP contribution >= 0.6 is 11.3 Å². The van der Waals surface area contributed by atoms with Gasteiger partial charge >= 0.3 is 0 Å². The number of thiazole rings is 1. The molecule has 8 heteroatoms. The van der Waals surface area contributed by atoms with Gasteiger partial charge in [-0.3, -0.25) is 15.1 Å². The van der Waals surface area contributed by atoms with Crippen LogP contribution in [0.25, 0.3) is 11.3 Å². The average Bonchev–Trinajstić information content (AvgIpc) is 3.26. The number of aryl methyl sites for hydroxylation is 1. The van der Waals surface area contributed by atoms with Crippen LogP contribution < -0.4 is 4.80 Å². The Labute approximate surface area is 159 Å². The van der Waals surface area contributed by atoms with E-state index in [1.54, 1.807) is 22.9 Å². The molecule has 0 saturated carbocycles. The van der Waals surface area contributed by atoms with E-state index < -0.39 is 4.92 Å². The van der Waals surface area contributed by atoms with Crippen LogP contribution in [0.4, 0.5) is 5.69 Å². The van der Waals surface area contributed by atoms with Crippen molar-refractivity contribution in [2.45, 2.75) is 13.8 Å². The fraction of sp³-hybridized carbons (Fsp3) is 0.158. The van der Waals surface area contributed by atoms with Crippen molar-refractivity contribution in [3.8, 4) is 11.3 Å². The van der Waals surface area contributed by atoms with E-state index in [9.17, 15) is 10.1 Å². The molecular weight excluding hydrogens is 364 g/mol. The number of nitro groups is 1. The number of furan rings is 1. The van der Waals surface area contributed by atoms with E-state index >= 15 is 0 Å². The normalized spacial score (nSPS) is 12.4. The Morgan fingerprint density at radius 3 is 2.67 bits per heavy atom. The first kappa shape index (κ1) is 18.5. The lowest BCUT2D eigenvalue weighted by Crippen LogP contribution is -2.14. The molecule has 1 aromatic carbocycles.